The number of phenols is 1. The average Bonchev–Trinajstić information content (AvgIpc) is 2.85. The van der Waals surface area contributed by atoms with Gasteiger partial charge in [0, 0.05) is 11.4 Å². The molecule has 7 heteroatoms. The lowest BCUT2D eigenvalue weighted by Crippen LogP contribution is -2.43. The highest BCUT2D eigenvalue weighted by molar-refractivity contribution is 8.00. The first-order valence-corrected chi connectivity index (χ1v) is 14.8. The molecule has 0 radical (unpaired) electrons. The van der Waals surface area contributed by atoms with Gasteiger partial charge < -0.3 is 21.1 Å². The highest BCUT2D eigenvalue weighted by atomic mass is 32.2. The van der Waals surface area contributed by atoms with Crippen molar-refractivity contribution in [3.05, 3.63) is 24.3 Å². The van der Waals surface area contributed by atoms with Gasteiger partial charge in [-0.1, -0.05) is 103 Å². The molecular formula is C28H49N3O3S. The second-order valence-corrected chi connectivity index (χ2v) is 10.3. The number of carbonyl (C=O) groups excluding carboxylic acids is 2. The number of hydrogen-bond donors (Lipinski definition) is 4. The van der Waals surface area contributed by atoms with Crippen LogP contribution in [0, 0.1) is 0 Å². The minimum Gasteiger partial charge on any atom is -0.508 e. The Hall–Kier alpha value is -1.89. The van der Waals surface area contributed by atoms with Crippen LogP contribution in [0.15, 0.2) is 29.2 Å². The van der Waals surface area contributed by atoms with Crippen LogP contribution in [0.1, 0.15) is 110 Å². The second-order valence-electron chi connectivity index (χ2n) is 9.30. The first-order chi connectivity index (χ1) is 17.1. The highest BCUT2D eigenvalue weighted by Gasteiger charge is 2.04. The summed E-state index contributed by atoms with van der Waals surface area (Å²) in [4.78, 5) is 24.5. The van der Waals surface area contributed by atoms with Gasteiger partial charge in [-0.25, -0.2) is 4.79 Å². The molecular weight excluding hydrogens is 458 g/mol. The molecule has 0 aliphatic rings. The Morgan fingerprint density at radius 1 is 0.686 bits per heavy atom. The largest absolute Gasteiger partial charge is 0.508 e. The van der Waals surface area contributed by atoms with Crippen LogP contribution in [-0.4, -0.2) is 36.0 Å². The van der Waals surface area contributed by atoms with Crippen LogP contribution in [0.4, 0.5) is 4.79 Å². The van der Waals surface area contributed by atoms with Crippen LogP contribution in [0.2, 0.25) is 0 Å². The van der Waals surface area contributed by atoms with Crippen LogP contribution in [0.3, 0.4) is 0 Å². The Labute approximate surface area is 217 Å². The summed E-state index contributed by atoms with van der Waals surface area (Å²) in [6, 6.07) is 6.45. The topological polar surface area (TPSA) is 90.5 Å². The molecule has 0 aliphatic heterocycles. The predicted molar refractivity (Wildman–Crippen MR) is 148 cm³/mol. The zero-order valence-corrected chi connectivity index (χ0v) is 22.7. The zero-order valence-electron chi connectivity index (χ0n) is 21.9. The lowest BCUT2D eigenvalue weighted by molar-refractivity contribution is -0.118. The van der Waals surface area contributed by atoms with Gasteiger partial charge in [0.05, 0.1) is 12.4 Å². The summed E-state index contributed by atoms with van der Waals surface area (Å²) in [5, 5.41) is 17.4. The van der Waals surface area contributed by atoms with E-state index in [1.165, 1.54) is 102 Å². The summed E-state index contributed by atoms with van der Waals surface area (Å²) in [6.45, 7) is 3.05. The van der Waals surface area contributed by atoms with E-state index < -0.39 is 0 Å². The van der Waals surface area contributed by atoms with Gasteiger partial charge in [0.15, 0.2) is 0 Å². The van der Waals surface area contributed by atoms with Crippen LogP contribution >= 0.6 is 11.8 Å². The fraction of sp³-hybridized carbons (Fsp3) is 0.714. The molecule has 0 fully saturated rings. The summed E-state index contributed by atoms with van der Waals surface area (Å²) in [6.07, 6.45) is 21.4. The number of aromatic hydroxyl groups is 1. The molecule has 0 saturated carbocycles. The van der Waals surface area contributed by atoms with E-state index in [1.54, 1.807) is 24.3 Å². The number of unbranched alkanes of at least 4 members (excludes halogenated alkanes) is 15. The molecule has 200 valence electrons. The van der Waals surface area contributed by atoms with E-state index in [2.05, 4.69) is 22.9 Å². The Bertz CT molecular complexity index is 655. The summed E-state index contributed by atoms with van der Waals surface area (Å²) in [5.41, 5.74) is 0. The third-order valence-corrected chi connectivity index (χ3v) is 7.07. The maximum atomic E-state index is 11.8. The zero-order chi connectivity index (χ0) is 25.4. The number of urea groups is 1. The lowest BCUT2D eigenvalue weighted by Gasteiger charge is -2.09. The lowest BCUT2D eigenvalue weighted by atomic mass is 10.0. The van der Waals surface area contributed by atoms with Crippen molar-refractivity contribution < 1.29 is 14.7 Å². The van der Waals surface area contributed by atoms with Crippen molar-refractivity contribution in [3.63, 3.8) is 0 Å². The molecule has 4 N–H and O–H groups in total. The van der Waals surface area contributed by atoms with Crippen molar-refractivity contribution in [1.29, 1.82) is 0 Å². The fourth-order valence-corrected chi connectivity index (χ4v) is 4.63. The van der Waals surface area contributed by atoms with E-state index in [0.29, 0.717) is 6.54 Å². The smallest absolute Gasteiger partial charge is 0.316 e. The van der Waals surface area contributed by atoms with Gasteiger partial charge in [-0.15, -0.1) is 11.8 Å². The molecule has 0 saturated heterocycles. The van der Waals surface area contributed by atoms with Gasteiger partial charge in [0.2, 0.25) is 5.91 Å². The molecule has 6 nitrogen and oxygen atoms in total. The highest BCUT2D eigenvalue weighted by Crippen LogP contribution is 2.20. The molecule has 1 aromatic rings. The molecule has 35 heavy (non-hydrogen) atoms. The van der Waals surface area contributed by atoms with Crippen molar-refractivity contribution in [2.75, 3.05) is 19.0 Å². The van der Waals surface area contributed by atoms with Gasteiger partial charge in [-0.2, -0.15) is 0 Å². The monoisotopic (exact) mass is 507 g/mol. The third kappa shape index (κ3) is 20.0. The van der Waals surface area contributed by atoms with Crippen molar-refractivity contribution in [2.45, 2.75) is 115 Å². The molecule has 0 unspecified atom stereocenters. The van der Waals surface area contributed by atoms with Crippen molar-refractivity contribution >= 4 is 23.7 Å². The molecule has 0 spiro atoms. The maximum Gasteiger partial charge on any atom is 0.316 e. The van der Waals surface area contributed by atoms with E-state index >= 15 is 0 Å². The van der Waals surface area contributed by atoms with Crippen LogP contribution in [0.25, 0.3) is 0 Å². The Kier molecular flexibility index (Phi) is 20.1. The number of hydrogen-bond acceptors (Lipinski definition) is 4. The van der Waals surface area contributed by atoms with E-state index in [0.717, 1.165) is 17.7 Å². The Morgan fingerprint density at radius 2 is 1.17 bits per heavy atom. The van der Waals surface area contributed by atoms with Crippen LogP contribution < -0.4 is 16.0 Å². The van der Waals surface area contributed by atoms with Crippen molar-refractivity contribution in [2.24, 2.45) is 0 Å². The molecule has 0 heterocycles. The molecule has 1 rings (SSSR count). The first kappa shape index (κ1) is 31.1. The van der Waals surface area contributed by atoms with E-state index in [1.807, 2.05) is 0 Å². The minimum absolute atomic E-state index is 0.111. The maximum absolute atomic E-state index is 11.8. The number of benzene rings is 1. The molecule has 0 aromatic heterocycles. The summed E-state index contributed by atoms with van der Waals surface area (Å²) < 4.78 is 0. The summed E-state index contributed by atoms with van der Waals surface area (Å²) in [7, 11) is 0. The SMILES string of the molecule is CCCCCCCCCCCCCCCCCCNC(=O)NCNC(=O)CSc1ccc(O)cc1. The van der Waals surface area contributed by atoms with Gasteiger partial charge in [-0.05, 0) is 30.7 Å². The van der Waals surface area contributed by atoms with E-state index in [4.69, 9.17) is 0 Å². The number of carbonyl (C=O) groups is 2. The predicted octanol–water partition coefficient (Wildman–Crippen LogP) is 7.12. The number of phenolic OH excluding ortho intramolecular Hbond substituents is 1. The minimum atomic E-state index is -0.252. The first-order valence-electron chi connectivity index (χ1n) is 13.8. The number of thioether (sulfide) groups is 1. The summed E-state index contributed by atoms with van der Waals surface area (Å²) >= 11 is 1.38. The molecule has 0 aliphatic carbocycles. The molecule has 0 atom stereocenters. The second kappa shape index (κ2) is 22.6. The molecule has 3 amide bonds. The Balaban J connectivity index is 1.80. The average molecular weight is 508 g/mol. The summed E-state index contributed by atoms with van der Waals surface area (Å²) in [5.74, 6) is 0.308. The van der Waals surface area contributed by atoms with Crippen LogP contribution in [0.5, 0.6) is 5.75 Å². The van der Waals surface area contributed by atoms with Crippen molar-refractivity contribution in [1.82, 2.24) is 16.0 Å². The van der Waals surface area contributed by atoms with Gasteiger partial charge in [0.25, 0.3) is 0 Å². The fourth-order valence-electron chi connectivity index (χ4n) is 3.90. The van der Waals surface area contributed by atoms with Crippen LogP contribution in [-0.2, 0) is 4.79 Å². The number of nitrogens with one attached hydrogen (secondary N) is 3. The normalized spacial score (nSPS) is 10.8. The van der Waals surface area contributed by atoms with Gasteiger partial charge in [0.1, 0.15) is 5.75 Å². The third-order valence-electron chi connectivity index (χ3n) is 6.06. The van der Waals surface area contributed by atoms with Crippen molar-refractivity contribution in [3.8, 4) is 5.75 Å². The standard InChI is InChI=1S/C28H49N3O3S/c1-2-3-4-5-6-7-8-9-10-11-12-13-14-15-16-17-22-29-28(34)31-24-30-27(33)23-35-26-20-18-25(32)19-21-26/h18-21,32H,2-17,22-24H2,1H3,(H,30,33)(H2,29,31,34). The molecule has 0 bridgehead atoms. The van der Waals surface area contributed by atoms with E-state index in [9.17, 15) is 14.7 Å². The number of rotatable bonds is 22. The Morgan fingerprint density at radius 3 is 1.69 bits per heavy atom. The molecule has 1 aromatic carbocycles. The quantitative estimate of drug-likeness (QED) is 0.0764. The van der Waals surface area contributed by atoms with Gasteiger partial charge >= 0.3 is 6.03 Å². The van der Waals surface area contributed by atoms with Gasteiger partial charge in [-0.3, -0.25) is 4.79 Å². The van der Waals surface area contributed by atoms with E-state index in [-0.39, 0.29) is 30.1 Å². The number of amides is 3.